The molecule has 0 bridgehead atoms. The molecule has 3 atom stereocenters. The fraction of sp³-hybridized carbons (Fsp3) is 0.636. The zero-order valence-electron chi connectivity index (χ0n) is 16.9. The minimum atomic E-state index is -0.825. The number of rotatable bonds is 4. The minimum absolute atomic E-state index is 0.0223. The fourth-order valence-corrected chi connectivity index (χ4v) is 4.62. The third kappa shape index (κ3) is 4.32. The second-order valence-electron chi connectivity index (χ2n) is 8.10. The average molecular weight is 389 g/mol. The predicted molar refractivity (Wildman–Crippen MR) is 107 cm³/mol. The van der Waals surface area contributed by atoms with Crippen LogP contribution in [0.15, 0.2) is 24.3 Å². The van der Waals surface area contributed by atoms with Crippen LogP contribution in [0.2, 0.25) is 0 Å². The van der Waals surface area contributed by atoms with Gasteiger partial charge in [-0.2, -0.15) is 0 Å². The number of aliphatic hydroxyl groups excluding tert-OH is 1. The number of hydrogen-bond donors (Lipinski definition) is 2. The summed E-state index contributed by atoms with van der Waals surface area (Å²) in [5, 5.41) is 19.6. The molecule has 2 heterocycles. The van der Waals surface area contributed by atoms with E-state index in [0.29, 0.717) is 45.3 Å². The highest BCUT2D eigenvalue weighted by molar-refractivity contribution is 5.78. The molecule has 1 aromatic carbocycles. The molecule has 2 aliphatic heterocycles. The molecule has 6 heteroatoms. The van der Waals surface area contributed by atoms with Crippen molar-refractivity contribution in [3.8, 4) is 0 Å². The molecule has 0 aliphatic carbocycles. The third-order valence-electron chi connectivity index (χ3n) is 6.40. The predicted octanol–water partition coefficient (Wildman–Crippen LogP) is 3.09. The summed E-state index contributed by atoms with van der Waals surface area (Å²) in [6, 6.07) is 7.97. The van der Waals surface area contributed by atoms with E-state index in [1.807, 2.05) is 6.92 Å². The van der Waals surface area contributed by atoms with Crippen molar-refractivity contribution in [2.24, 2.45) is 5.92 Å². The van der Waals surface area contributed by atoms with Gasteiger partial charge in [-0.1, -0.05) is 38.1 Å². The summed E-state index contributed by atoms with van der Waals surface area (Å²) in [6.07, 6.45) is 2.97. The molecule has 6 nitrogen and oxygen atoms in total. The number of carboxylic acids is 1. The number of nitrogens with zero attached hydrogens (tertiary/aromatic N) is 2. The second kappa shape index (κ2) is 8.95. The number of piperidine rings is 2. The topological polar surface area (TPSA) is 81.1 Å². The molecular formula is C22H32N2O4. The molecule has 0 radical (unpaired) electrons. The van der Waals surface area contributed by atoms with Crippen molar-refractivity contribution in [1.82, 2.24) is 9.80 Å². The number of urea groups is 1. The Labute approximate surface area is 167 Å². The van der Waals surface area contributed by atoms with E-state index in [0.717, 1.165) is 12.0 Å². The van der Waals surface area contributed by atoms with Gasteiger partial charge in [-0.05, 0) is 43.2 Å². The van der Waals surface area contributed by atoms with Gasteiger partial charge in [0.25, 0.3) is 0 Å². The number of benzene rings is 1. The Morgan fingerprint density at radius 2 is 1.75 bits per heavy atom. The lowest BCUT2D eigenvalue weighted by molar-refractivity contribution is -0.145. The van der Waals surface area contributed by atoms with Crippen LogP contribution < -0.4 is 0 Å². The Morgan fingerprint density at radius 1 is 1.11 bits per heavy atom. The number of hydrogen-bond acceptors (Lipinski definition) is 3. The van der Waals surface area contributed by atoms with Gasteiger partial charge >= 0.3 is 12.0 Å². The first-order valence-corrected chi connectivity index (χ1v) is 10.5. The van der Waals surface area contributed by atoms with Gasteiger partial charge in [0.05, 0.1) is 12.0 Å². The zero-order chi connectivity index (χ0) is 20.3. The fourth-order valence-electron chi connectivity index (χ4n) is 4.62. The van der Waals surface area contributed by atoms with Crippen LogP contribution in [0.5, 0.6) is 0 Å². The molecule has 2 amide bonds. The number of carbonyl (C=O) groups excluding carboxylic acids is 1. The van der Waals surface area contributed by atoms with E-state index in [9.17, 15) is 19.8 Å². The van der Waals surface area contributed by atoms with Crippen molar-refractivity contribution in [2.75, 3.05) is 19.6 Å². The summed E-state index contributed by atoms with van der Waals surface area (Å²) in [6.45, 7) is 5.67. The summed E-state index contributed by atoms with van der Waals surface area (Å²) in [7, 11) is 0. The number of likely N-dealkylation sites (tertiary alicyclic amines) is 2. The Morgan fingerprint density at radius 3 is 2.29 bits per heavy atom. The van der Waals surface area contributed by atoms with Crippen molar-refractivity contribution in [3.05, 3.63) is 35.4 Å². The van der Waals surface area contributed by atoms with Crippen LogP contribution in [0.25, 0.3) is 0 Å². The highest BCUT2D eigenvalue weighted by Gasteiger charge is 2.43. The van der Waals surface area contributed by atoms with E-state index in [1.54, 1.807) is 9.80 Å². The van der Waals surface area contributed by atoms with E-state index < -0.39 is 11.9 Å². The first-order valence-electron chi connectivity index (χ1n) is 10.5. The molecule has 2 aliphatic rings. The second-order valence-corrected chi connectivity index (χ2v) is 8.10. The highest BCUT2D eigenvalue weighted by Crippen LogP contribution is 2.36. The summed E-state index contributed by atoms with van der Waals surface area (Å²) in [4.78, 5) is 28.8. The Hall–Kier alpha value is -2.08. The van der Waals surface area contributed by atoms with Crippen LogP contribution in [-0.2, 0) is 11.2 Å². The number of carboxylic acid groups (broad SMARTS) is 1. The maximum atomic E-state index is 13.3. The van der Waals surface area contributed by atoms with Crippen LogP contribution in [0.4, 0.5) is 4.79 Å². The minimum Gasteiger partial charge on any atom is -0.481 e. The van der Waals surface area contributed by atoms with Gasteiger partial charge in [-0.25, -0.2) is 4.79 Å². The molecule has 28 heavy (non-hydrogen) atoms. The quantitative estimate of drug-likeness (QED) is 0.831. The van der Waals surface area contributed by atoms with Gasteiger partial charge < -0.3 is 20.0 Å². The van der Waals surface area contributed by atoms with E-state index in [-0.39, 0.29) is 24.1 Å². The van der Waals surface area contributed by atoms with Gasteiger partial charge in [0.1, 0.15) is 0 Å². The van der Waals surface area contributed by atoms with Gasteiger partial charge in [0.2, 0.25) is 0 Å². The number of aliphatic hydroxyl groups is 1. The Bertz CT molecular complexity index is 682. The van der Waals surface area contributed by atoms with E-state index in [4.69, 9.17) is 0 Å². The molecule has 2 N–H and O–H groups in total. The highest BCUT2D eigenvalue weighted by atomic mass is 16.4. The SMILES string of the molecule is CCc1ccc(C2CC(C(=O)O)C(CC)N(C(=O)N3CCC(O)CC3)C2)cc1. The third-order valence-corrected chi connectivity index (χ3v) is 6.40. The summed E-state index contributed by atoms with van der Waals surface area (Å²) < 4.78 is 0. The summed E-state index contributed by atoms with van der Waals surface area (Å²) in [5.41, 5.74) is 2.35. The molecule has 3 unspecified atom stereocenters. The van der Waals surface area contributed by atoms with Gasteiger partial charge in [0.15, 0.2) is 0 Å². The summed E-state index contributed by atoms with van der Waals surface area (Å²) >= 11 is 0. The van der Waals surface area contributed by atoms with Crippen LogP contribution in [0, 0.1) is 5.92 Å². The molecular weight excluding hydrogens is 356 g/mol. The lowest BCUT2D eigenvalue weighted by atomic mass is 9.79. The maximum Gasteiger partial charge on any atom is 0.320 e. The van der Waals surface area contributed by atoms with Gasteiger partial charge in [-0.15, -0.1) is 0 Å². The lowest BCUT2D eigenvalue weighted by Gasteiger charge is -2.45. The largest absolute Gasteiger partial charge is 0.481 e. The summed E-state index contributed by atoms with van der Waals surface area (Å²) in [5.74, 6) is -1.36. The maximum absolute atomic E-state index is 13.3. The molecule has 2 fully saturated rings. The number of aryl methyl sites for hydroxylation is 1. The monoisotopic (exact) mass is 388 g/mol. The van der Waals surface area contributed by atoms with Crippen LogP contribution >= 0.6 is 0 Å². The average Bonchev–Trinajstić information content (AvgIpc) is 2.72. The van der Waals surface area contributed by atoms with Crippen molar-refractivity contribution < 1.29 is 19.8 Å². The van der Waals surface area contributed by atoms with Crippen molar-refractivity contribution >= 4 is 12.0 Å². The molecule has 154 valence electrons. The van der Waals surface area contributed by atoms with E-state index >= 15 is 0 Å². The smallest absolute Gasteiger partial charge is 0.320 e. The van der Waals surface area contributed by atoms with Gasteiger partial charge in [-0.3, -0.25) is 4.79 Å². The molecule has 1 aromatic rings. The van der Waals surface area contributed by atoms with Gasteiger partial charge in [0, 0.05) is 31.6 Å². The molecule has 0 saturated carbocycles. The van der Waals surface area contributed by atoms with Crippen molar-refractivity contribution in [1.29, 1.82) is 0 Å². The molecule has 3 rings (SSSR count). The van der Waals surface area contributed by atoms with Crippen molar-refractivity contribution in [2.45, 2.75) is 64.0 Å². The first kappa shape index (κ1) is 20.6. The molecule has 2 saturated heterocycles. The van der Waals surface area contributed by atoms with Crippen LogP contribution in [0.3, 0.4) is 0 Å². The standard InChI is InChI=1S/C22H32N2O4/c1-3-15-5-7-16(8-6-15)17-13-19(21(26)27)20(4-2)24(14-17)22(28)23-11-9-18(25)10-12-23/h5-8,17-20,25H,3-4,9-14H2,1-2H3,(H,26,27). The van der Waals surface area contributed by atoms with E-state index in [1.165, 1.54) is 5.56 Å². The number of amides is 2. The van der Waals surface area contributed by atoms with Crippen LogP contribution in [-0.4, -0.2) is 63.8 Å². The normalized spacial score (nSPS) is 26.3. The number of aliphatic carboxylic acids is 1. The molecule has 0 spiro atoms. The first-order chi connectivity index (χ1) is 13.4. The Kier molecular flexibility index (Phi) is 6.60. The Balaban J connectivity index is 1.84. The molecule has 0 aromatic heterocycles. The van der Waals surface area contributed by atoms with E-state index in [2.05, 4.69) is 31.2 Å². The zero-order valence-corrected chi connectivity index (χ0v) is 16.9. The van der Waals surface area contributed by atoms with Crippen LogP contribution in [0.1, 0.15) is 56.6 Å². The number of carbonyl (C=O) groups is 2. The van der Waals surface area contributed by atoms with Crippen molar-refractivity contribution in [3.63, 3.8) is 0 Å². The lowest BCUT2D eigenvalue weighted by Crippen LogP contribution is -2.57.